The van der Waals surface area contributed by atoms with E-state index < -0.39 is 40.5 Å². The van der Waals surface area contributed by atoms with Crippen molar-refractivity contribution >= 4 is 50.3 Å². The molecular weight excluding hydrogens is 597 g/mol. The van der Waals surface area contributed by atoms with Gasteiger partial charge in [-0.25, -0.2) is 8.78 Å². The summed E-state index contributed by atoms with van der Waals surface area (Å²) in [7, 11) is 0. The number of hydrogen-bond donors (Lipinski definition) is 7. The van der Waals surface area contributed by atoms with Crippen molar-refractivity contribution in [3.8, 4) is 0 Å². The van der Waals surface area contributed by atoms with Gasteiger partial charge in [0.05, 0.1) is 15.8 Å². The Hall–Kier alpha value is -5.67. The number of fused-ring (bicyclic) bond motifs is 3. The number of rotatable bonds is 7. The Morgan fingerprint density at radius 2 is 1.33 bits per heavy atom. The van der Waals surface area contributed by atoms with Crippen molar-refractivity contribution in [3.05, 3.63) is 112 Å². The van der Waals surface area contributed by atoms with Crippen LogP contribution >= 0.6 is 0 Å². The van der Waals surface area contributed by atoms with Crippen LogP contribution in [-0.2, 0) is 22.4 Å². The molecule has 9 N–H and O–H groups in total. The molecule has 0 saturated carbocycles. The Labute approximate surface area is 251 Å². The topological polar surface area (TPSA) is 217 Å². The minimum absolute atomic E-state index is 0.0571. The fraction of sp³-hybridized carbons (Fsp3) is 0.133. The summed E-state index contributed by atoms with van der Waals surface area (Å²) in [4.78, 5) is 40.1. The third kappa shape index (κ3) is 7.65. The van der Waals surface area contributed by atoms with Crippen LogP contribution in [0.2, 0.25) is 0 Å². The summed E-state index contributed by atoms with van der Waals surface area (Å²) in [6.45, 7) is 0. The Kier molecular flexibility index (Phi) is 9.85. The lowest BCUT2D eigenvalue weighted by Gasteiger charge is -2.05. The van der Waals surface area contributed by atoms with Gasteiger partial charge in [0.1, 0.15) is 23.7 Å². The SMILES string of the molecule is Fc1ccc2[nH]ccc2c1.N[C@@H](Cc1c[nH]c2ccc(F)c([N+](=O)[O-])c12)C(=O)O.N[C@@H](Cc1c[nH]c2ccc(F)cc12)C(=O)O. The summed E-state index contributed by atoms with van der Waals surface area (Å²) in [6, 6.07) is 11.0. The van der Waals surface area contributed by atoms with Gasteiger partial charge in [-0.3, -0.25) is 19.7 Å². The van der Waals surface area contributed by atoms with E-state index in [4.69, 9.17) is 21.7 Å². The van der Waals surface area contributed by atoms with Crippen LogP contribution in [0.5, 0.6) is 0 Å². The molecule has 3 aromatic carbocycles. The molecule has 6 aromatic rings. The van der Waals surface area contributed by atoms with Crippen molar-refractivity contribution in [2.45, 2.75) is 24.9 Å². The van der Waals surface area contributed by atoms with Gasteiger partial charge >= 0.3 is 17.6 Å². The number of aliphatic carboxylic acids is 2. The second-order valence-corrected chi connectivity index (χ2v) is 9.90. The highest BCUT2D eigenvalue weighted by atomic mass is 19.1. The van der Waals surface area contributed by atoms with E-state index >= 15 is 0 Å². The number of benzene rings is 3. The fourth-order valence-electron chi connectivity index (χ4n) is 4.58. The quantitative estimate of drug-likeness (QED) is 0.0970. The first kappa shape index (κ1) is 32.2. The fourth-order valence-corrected chi connectivity index (χ4v) is 4.58. The van der Waals surface area contributed by atoms with E-state index in [1.54, 1.807) is 24.5 Å². The van der Waals surface area contributed by atoms with Crippen molar-refractivity contribution in [1.82, 2.24) is 15.0 Å². The summed E-state index contributed by atoms with van der Waals surface area (Å²) < 4.78 is 39.0. The maximum atomic E-state index is 13.5. The Morgan fingerprint density at radius 1 is 0.778 bits per heavy atom. The normalized spacial score (nSPS) is 12.2. The van der Waals surface area contributed by atoms with E-state index in [1.165, 1.54) is 36.5 Å². The molecule has 6 rings (SSSR count). The van der Waals surface area contributed by atoms with E-state index in [0.717, 1.165) is 22.5 Å². The zero-order chi connectivity index (χ0) is 32.8. The molecule has 0 amide bonds. The first-order chi connectivity index (χ1) is 21.3. The summed E-state index contributed by atoms with van der Waals surface area (Å²) in [5.74, 6) is -3.80. The van der Waals surface area contributed by atoms with Crippen molar-refractivity contribution in [2.24, 2.45) is 11.5 Å². The van der Waals surface area contributed by atoms with Crippen LogP contribution in [0.1, 0.15) is 11.1 Å². The third-order valence-electron chi connectivity index (χ3n) is 6.79. The number of nitrogens with zero attached hydrogens (tertiary/aromatic N) is 1. The molecule has 15 heteroatoms. The van der Waals surface area contributed by atoms with Gasteiger partial charge in [-0.2, -0.15) is 4.39 Å². The van der Waals surface area contributed by atoms with Crippen LogP contribution in [0.4, 0.5) is 18.9 Å². The summed E-state index contributed by atoms with van der Waals surface area (Å²) in [5, 5.41) is 30.0. The maximum absolute atomic E-state index is 13.5. The number of carboxylic acid groups (broad SMARTS) is 2. The first-order valence-corrected chi connectivity index (χ1v) is 13.2. The summed E-state index contributed by atoms with van der Waals surface area (Å²) in [6.07, 6.45) is 4.91. The van der Waals surface area contributed by atoms with Gasteiger partial charge in [-0.1, -0.05) is 0 Å². The van der Waals surface area contributed by atoms with Crippen molar-refractivity contribution in [3.63, 3.8) is 0 Å². The summed E-state index contributed by atoms with van der Waals surface area (Å²) >= 11 is 0. The van der Waals surface area contributed by atoms with Gasteiger partial charge in [0.15, 0.2) is 0 Å². The Balaban J connectivity index is 0.000000160. The van der Waals surface area contributed by atoms with E-state index in [2.05, 4.69) is 15.0 Å². The molecule has 0 radical (unpaired) electrons. The van der Waals surface area contributed by atoms with Gasteiger partial charge in [-0.05, 0) is 65.7 Å². The van der Waals surface area contributed by atoms with E-state index in [0.29, 0.717) is 22.0 Å². The Bertz CT molecular complexity index is 2000. The molecule has 45 heavy (non-hydrogen) atoms. The zero-order valence-electron chi connectivity index (χ0n) is 23.3. The molecule has 0 aliphatic heterocycles. The molecule has 0 saturated heterocycles. The highest BCUT2D eigenvalue weighted by Crippen LogP contribution is 2.31. The molecule has 12 nitrogen and oxygen atoms in total. The number of carbonyl (C=O) groups is 2. The largest absolute Gasteiger partial charge is 0.480 e. The van der Waals surface area contributed by atoms with E-state index in [9.17, 15) is 32.9 Å². The third-order valence-corrected chi connectivity index (χ3v) is 6.79. The number of nitro groups is 1. The minimum atomic E-state index is -1.23. The maximum Gasteiger partial charge on any atom is 0.320 e. The predicted molar refractivity (Wildman–Crippen MR) is 160 cm³/mol. The van der Waals surface area contributed by atoms with Gasteiger partial charge in [0.2, 0.25) is 5.82 Å². The lowest BCUT2D eigenvalue weighted by atomic mass is 10.0. The van der Waals surface area contributed by atoms with Crippen LogP contribution in [0.15, 0.2) is 73.2 Å². The highest BCUT2D eigenvalue weighted by molar-refractivity contribution is 5.92. The molecule has 3 heterocycles. The number of hydrogen-bond acceptors (Lipinski definition) is 6. The van der Waals surface area contributed by atoms with Crippen LogP contribution < -0.4 is 11.5 Å². The smallest absolute Gasteiger partial charge is 0.320 e. The average molecular weight is 625 g/mol. The van der Waals surface area contributed by atoms with Crippen LogP contribution in [0.3, 0.4) is 0 Å². The predicted octanol–water partition coefficient (Wildman–Crippen LogP) is 4.74. The molecule has 0 unspecified atom stereocenters. The second-order valence-electron chi connectivity index (χ2n) is 9.90. The average Bonchev–Trinajstić information content (AvgIpc) is 3.72. The first-order valence-electron chi connectivity index (χ1n) is 13.2. The van der Waals surface area contributed by atoms with Gasteiger partial charge in [-0.15, -0.1) is 0 Å². The number of nitrogens with one attached hydrogen (secondary N) is 3. The molecule has 0 aliphatic rings. The van der Waals surface area contributed by atoms with Gasteiger partial charge < -0.3 is 36.6 Å². The number of aromatic nitrogens is 3. The molecule has 3 aromatic heterocycles. The second kappa shape index (κ2) is 13.7. The van der Waals surface area contributed by atoms with Gasteiger partial charge in [0.25, 0.3) is 0 Å². The molecule has 0 aliphatic carbocycles. The lowest BCUT2D eigenvalue weighted by molar-refractivity contribution is -0.385. The highest BCUT2D eigenvalue weighted by Gasteiger charge is 2.24. The Morgan fingerprint density at radius 3 is 1.98 bits per heavy atom. The monoisotopic (exact) mass is 624 g/mol. The molecule has 2 atom stereocenters. The number of H-pyrrole nitrogens is 3. The standard InChI is InChI=1S/C11H10FN3O4.C11H11FN2O2.C8H6FN/c12-6-1-2-8-9(10(6)15(18)19)5(4-14-8)3-7(13)11(16)17;12-7-1-2-10-8(4-7)6(5-14-10)3-9(13)11(15)16;9-7-1-2-8-6(5-7)3-4-10-8/h1-2,4,7,14H,3,13H2,(H,16,17);1-2,4-5,9,14H,3,13H2,(H,15,16);1-5,10H/t7-;9-;/m00./s1. The minimum Gasteiger partial charge on any atom is -0.480 e. The molecular formula is C30H27F3N6O6. The molecule has 0 fully saturated rings. The number of nitrogens with two attached hydrogens (primary N) is 2. The van der Waals surface area contributed by atoms with Crippen LogP contribution in [0, 0.1) is 27.6 Å². The number of halogens is 3. The van der Waals surface area contributed by atoms with Crippen LogP contribution in [0.25, 0.3) is 32.7 Å². The number of carboxylic acids is 2. The molecule has 0 bridgehead atoms. The summed E-state index contributed by atoms with van der Waals surface area (Å²) in [5.41, 5.74) is 13.3. The number of aromatic amines is 3. The van der Waals surface area contributed by atoms with Crippen LogP contribution in [-0.4, -0.2) is 54.1 Å². The van der Waals surface area contributed by atoms with Crippen molar-refractivity contribution < 1.29 is 37.9 Å². The molecule has 0 spiro atoms. The molecule has 234 valence electrons. The lowest BCUT2D eigenvalue weighted by Crippen LogP contribution is -2.32. The van der Waals surface area contributed by atoms with Gasteiger partial charge in [0, 0.05) is 53.2 Å². The van der Waals surface area contributed by atoms with E-state index in [1.807, 2.05) is 6.07 Å². The van der Waals surface area contributed by atoms with Crippen molar-refractivity contribution in [2.75, 3.05) is 0 Å². The van der Waals surface area contributed by atoms with Crippen molar-refractivity contribution in [1.29, 1.82) is 0 Å². The van der Waals surface area contributed by atoms with E-state index in [-0.39, 0.29) is 29.9 Å². The number of nitro benzene ring substituents is 1. The zero-order valence-corrected chi connectivity index (χ0v) is 23.3.